The molecule has 0 aliphatic heterocycles. The Morgan fingerprint density at radius 3 is 2.68 bits per heavy atom. The number of hydrogen-bond acceptors (Lipinski definition) is 5. The summed E-state index contributed by atoms with van der Waals surface area (Å²) in [4.78, 5) is 4.11. The van der Waals surface area contributed by atoms with Crippen molar-refractivity contribution in [1.29, 1.82) is 0 Å². The first-order valence-electron chi connectivity index (χ1n) is 7.22. The van der Waals surface area contributed by atoms with Crippen molar-refractivity contribution < 1.29 is 14.2 Å². The summed E-state index contributed by atoms with van der Waals surface area (Å²) in [6.45, 7) is 2.48. The number of hydrogen-bond donors (Lipinski definition) is 1. The van der Waals surface area contributed by atoms with E-state index in [1.807, 2.05) is 36.5 Å². The predicted molar refractivity (Wildman–Crippen MR) is 85.1 cm³/mol. The van der Waals surface area contributed by atoms with E-state index in [4.69, 9.17) is 14.2 Å². The molecule has 1 N–H and O–H groups in total. The minimum absolute atomic E-state index is 0.493. The molecule has 0 radical (unpaired) electrons. The van der Waals surface area contributed by atoms with Crippen molar-refractivity contribution in [2.24, 2.45) is 0 Å². The van der Waals surface area contributed by atoms with Gasteiger partial charge in [-0.15, -0.1) is 0 Å². The Morgan fingerprint density at radius 2 is 1.95 bits per heavy atom. The zero-order valence-electron chi connectivity index (χ0n) is 13.0. The number of para-hydroxylation sites is 1. The van der Waals surface area contributed by atoms with Crippen LogP contribution < -0.4 is 14.8 Å². The Labute approximate surface area is 131 Å². The SMILES string of the molecule is COCCOc1c(CNCc2cccnc2)cccc1OC. The Bertz CT molecular complexity index is 561. The van der Waals surface area contributed by atoms with Crippen molar-refractivity contribution in [2.75, 3.05) is 27.4 Å². The van der Waals surface area contributed by atoms with Gasteiger partial charge in [-0.25, -0.2) is 0 Å². The monoisotopic (exact) mass is 302 g/mol. The molecule has 0 spiro atoms. The summed E-state index contributed by atoms with van der Waals surface area (Å²) in [5.74, 6) is 1.50. The lowest BCUT2D eigenvalue weighted by atomic mass is 10.1. The number of ether oxygens (including phenoxy) is 3. The van der Waals surface area contributed by atoms with Crippen LogP contribution in [0.5, 0.6) is 11.5 Å². The third-order valence-corrected chi connectivity index (χ3v) is 3.18. The van der Waals surface area contributed by atoms with Crippen LogP contribution in [0.4, 0.5) is 0 Å². The Morgan fingerprint density at radius 1 is 1.05 bits per heavy atom. The number of aromatic nitrogens is 1. The fourth-order valence-corrected chi connectivity index (χ4v) is 2.10. The van der Waals surface area contributed by atoms with Crippen LogP contribution in [0.2, 0.25) is 0 Å². The number of rotatable bonds is 9. The fourth-order valence-electron chi connectivity index (χ4n) is 2.10. The zero-order valence-corrected chi connectivity index (χ0v) is 13.0. The van der Waals surface area contributed by atoms with E-state index >= 15 is 0 Å². The predicted octanol–water partition coefficient (Wildman–Crippen LogP) is 2.41. The molecular weight excluding hydrogens is 280 g/mol. The average molecular weight is 302 g/mol. The molecule has 0 saturated carbocycles. The van der Waals surface area contributed by atoms with Crippen molar-refractivity contribution in [3.8, 4) is 11.5 Å². The van der Waals surface area contributed by atoms with Crippen molar-refractivity contribution in [2.45, 2.75) is 13.1 Å². The first-order valence-corrected chi connectivity index (χ1v) is 7.22. The van der Waals surface area contributed by atoms with Crippen LogP contribution >= 0.6 is 0 Å². The molecule has 22 heavy (non-hydrogen) atoms. The number of pyridine rings is 1. The van der Waals surface area contributed by atoms with Gasteiger partial charge in [0, 0.05) is 38.2 Å². The number of benzene rings is 1. The lowest BCUT2D eigenvalue weighted by molar-refractivity contribution is 0.143. The van der Waals surface area contributed by atoms with Crippen LogP contribution in [0.25, 0.3) is 0 Å². The quantitative estimate of drug-likeness (QED) is 0.721. The Kier molecular flexibility index (Phi) is 6.67. The van der Waals surface area contributed by atoms with E-state index in [9.17, 15) is 0 Å². The molecule has 0 aliphatic carbocycles. The van der Waals surface area contributed by atoms with E-state index in [0.29, 0.717) is 19.8 Å². The molecule has 0 amide bonds. The van der Waals surface area contributed by atoms with Crippen LogP contribution in [0, 0.1) is 0 Å². The molecule has 0 aliphatic rings. The van der Waals surface area contributed by atoms with Crippen molar-refractivity contribution in [3.63, 3.8) is 0 Å². The van der Waals surface area contributed by atoms with E-state index < -0.39 is 0 Å². The molecular formula is C17H22N2O3. The summed E-state index contributed by atoms with van der Waals surface area (Å²) < 4.78 is 16.2. The van der Waals surface area contributed by atoms with E-state index in [0.717, 1.165) is 29.2 Å². The first kappa shape index (κ1) is 16.3. The van der Waals surface area contributed by atoms with E-state index in [1.165, 1.54) is 0 Å². The van der Waals surface area contributed by atoms with Gasteiger partial charge in [0.15, 0.2) is 11.5 Å². The summed E-state index contributed by atoms with van der Waals surface area (Å²) in [6.07, 6.45) is 3.63. The molecule has 0 bridgehead atoms. The van der Waals surface area contributed by atoms with Gasteiger partial charge in [0.25, 0.3) is 0 Å². The van der Waals surface area contributed by atoms with Crippen molar-refractivity contribution >= 4 is 0 Å². The smallest absolute Gasteiger partial charge is 0.165 e. The van der Waals surface area contributed by atoms with Gasteiger partial charge >= 0.3 is 0 Å². The van der Waals surface area contributed by atoms with Gasteiger partial charge in [-0.2, -0.15) is 0 Å². The minimum Gasteiger partial charge on any atom is -0.493 e. The highest BCUT2D eigenvalue weighted by Gasteiger charge is 2.10. The van der Waals surface area contributed by atoms with Crippen LogP contribution in [0.1, 0.15) is 11.1 Å². The molecule has 5 nitrogen and oxygen atoms in total. The largest absolute Gasteiger partial charge is 0.493 e. The maximum absolute atomic E-state index is 5.80. The van der Waals surface area contributed by atoms with Crippen molar-refractivity contribution in [3.05, 3.63) is 53.9 Å². The highest BCUT2D eigenvalue weighted by Crippen LogP contribution is 2.31. The minimum atomic E-state index is 0.493. The Hall–Kier alpha value is -2.11. The van der Waals surface area contributed by atoms with Crippen LogP contribution in [-0.2, 0) is 17.8 Å². The normalized spacial score (nSPS) is 10.5. The topological polar surface area (TPSA) is 52.6 Å². The van der Waals surface area contributed by atoms with Gasteiger partial charge in [-0.1, -0.05) is 18.2 Å². The molecule has 5 heteroatoms. The second-order valence-electron chi connectivity index (χ2n) is 4.75. The van der Waals surface area contributed by atoms with Gasteiger partial charge in [0.05, 0.1) is 13.7 Å². The molecule has 0 unspecified atom stereocenters. The average Bonchev–Trinajstić information content (AvgIpc) is 2.57. The number of nitrogens with zero attached hydrogens (tertiary/aromatic N) is 1. The summed E-state index contributed by atoms with van der Waals surface area (Å²) >= 11 is 0. The van der Waals surface area contributed by atoms with E-state index in [-0.39, 0.29) is 0 Å². The highest BCUT2D eigenvalue weighted by atomic mass is 16.5. The van der Waals surface area contributed by atoms with E-state index in [2.05, 4.69) is 10.3 Å². The standard InChI is InChI=1S/C17H22N2O3/c1-20-9-10-22-17-15(6-3-7-16(17)21-2)13-19-12-14-5-4-8-18-11-14/h3-8,11,19H,9-10,12-13H2,1-2H3. The third kappa shape index (κ3) is 4.72. The maximum Gasteiger partial charge on any atom is 0.165 e. The molecule has 118 valence electrons. The third-order valence-electron chi connectivity index (χ3n) is 3.18. The molecule has 0 atom stereocenters. The van der Waals surface area contributed by atoms with Gasteiger partial charge in [0.1, 0.15) is 6.61 Å². The van der Waals surface area contributed by atoms with Crippen LogP contribution in [0.3, 0.4) is 0 Å². The lowest BCUT2D eigenvalue weighted by Gasteiger charge is -2.15. The van der Waals surface area contributed by atoms with Crippen LogP contribution in [-0.4, -0.2) is 32.4 Å². The van der Waals surface area contributed by atoms with Gasteiger partial charge in [-0.05, 0) is 17.7 Å². The van der Waals surface area contributed by atoms with Crippen LogP contribution in [0.15, 0.2) is 42.7 Å². The lowest BCUT2D eigenvalue weighted by Crippen LogP contribution is -2.15. The zero-order chi connectivity index (χ0) is 15.6. The molecule has 1 aromatic heterocycles. The molecule has 2 aromatic rings. The highest BCUT2D eigenvalue weighted by molar-refractivity contribution is 5.46. The second-order valence-corrected chi connectivity index (χ2v) is 4.75. The van der Waals surface area contributed by atoms with Gasteiger partial charge < -0.3 is 19.5 Å². The van der Waals surface area contributed by atoms with Gasteiger partial charge in [0.2, 0.25) is 0 Å². The first-order chi connectivity index (χ1) is 10.8. The molecule has 0 saturated heterocycles. The fraction of sp³-hybridized carbons (Fsp3) is 0.353. The summed E-state index contributed by atoms with van der Waals surface area (Å²) in [6, 6.07) is 9.86. The Balaban J connectivity index is 1.99. The molecule has 1 aromatic carbocycles. The van der Waals surface area contributed by atoms with E-state index in [1.54, 1.807) is 20.4 Å². The number of methoxy groups -OCH3 is 2. The summed E-state index contributed by atoms with van der Waals surface area (Å²) in [5, 5.41) is 3.39. The maximum atomic E-state index is 5.80. The van der Waals surface area contributed by atoms with Crippen molar-refractivity contribution in [1.82, 2.24) is 10.3 Å². The molecule has 0 fully saturated rings. The summed E-state index contributed by atoms with van der Waals surface area (Å²) in [7, 11) is 3.30. The van der Waals surface area contributed by atoms with Gasteiger partial charge in [-0.3, -0.25) is 4.98 Å². The molecule has 2 rings (SSSR count). The molecule has 1 heterocycles. The number of nitrogens with one attached hydrogen (secondary N) is 1. The summed E-state index contributed by atoms with van der Waals surface area (Å²) in [5.41, 5.74) is 2.20. The second kappa shape index (κ2) is 9.02.